The van der Waals surface area contributed by atoms with E-state index in [1.165, 1.54) is 24.1 Å². The molecule has 0 spiro atoms. The van der Waals surface area contributed by atoms with E-state index >= 15 is 0 Å². The van der Waals surface area contributed by atoms with Crippen LogP contribution in [0.4, 0.5) is 10.1 Å². The van der Waals surface area contributed by atoms with Gasteiger partial charge in [-0.1, -0.05) is 0 Å². The van der Waals surface area contributed by atoms with Crippen LogP contribution >= 0.6 is 0 Å². The summed E-state index contributed by atoms with van der Waals surface area (Å²) in [6.45, 7) is 3.28. The zero-order chi connectivity index (χ0) is 11.0. The van der Waals surface area contributed by atoms with E-state index in [1.807, 2.05) is 6.07 Å². The Labute approximate surface area is 95.4 Å². The van der Waals surface area contributed by atoms with Crippen molar-refractivity contribution in [3.05, 3.63) is 29.6 Å². The van der Waals surface area contributed by atoms with Crippen LogP contribution in [0.25, 0.3) is 0 Å². The summed E-state index contributed by atoms with van der Waals surface area (Å²) in [5.41, 5.74) is 2.44. The van der Waals surface area contributed by atoms with E-state index in [4.69, 9.17) is 0 Å². The fraction of sp³-hybridized carbons (Fsp3) is 0.538. The second kappa shape index (κ2) is 4.06. The standard InChI is InChI=1S/C13H17FN2/c14-11-1-2-13-10(9-11)5-8-16(13)12-3-6-15-7-4-12/h1-2,9,12,15H,3-8H2. The molecule has 0 amide bonds. The van der Waals surface area contributed by atoms with Crippen LogP contribution in [0.1, 0.15) is 18.4 Å². The molecule has 0 unspecified atom stereocenters. The average Bonchev–Trinajstić information content (AvgIpc) is 2.73. The predicted octanol–water partition coefficient (Wildman–Crippen LogP) is 1.94. The third-order valence-corrected chi connectivity index (χ3v) is 3.72. The van der Waals surface area contributed by atoms with Gasteiger partial charge in [0.05, 0.1) is 0 Å². The molecule has 3 rings (SSSR count). The van der Waals surface area contributed by atoms with Crippen LogP contribution in [0.15, 0.2) is 18.2 Å². The van der Waals surface area contributed by atoms with Crippen LogP contribution in [0, 0.1) is 5.82 Å². The molecule has 2 heterocycles. The van der Waals surface area contributed by atoms with Crippen LogP contribution < -0.4 is 10.2 Å². The maximum Gasteiger partial charge on any atom is 0.123 e. The van der Waals surface area contributed by atoms with Crippen molar-refractivity contribution in [3.8, 4) is 0 Å². The Kier molecular flexibility index (Phi) is 2.56. The topological polar surface area (TPSA) is 15.3 Å². The number of piperidine rings is 1. The molecule has 16 heavy (non-hydrogen) atoms. The first-order valence-electron chi connectivity index (χ1n) is 6.10. The van der Waals surface area contributed by atoms with E-state index in [1.54, 1.807) is 12.1 Å². The lowest BCUT2D eigenvalue weighted by atomic mass is 10.0. The molecule has 1 saturated heterocycles. The van der Waals surface area contributed by atoms with Crippen molar-refractivity contribution in [2.75, 3.05) is 24.5 Å². The molecule has 0 aromatic heterocycles. The van der Waals surface area contributed by atoms with Crippen LogP contribution in [0.5, 0.6) is 0 Å². The van der Waals surface area contributed by atoms with Gasteiger partial charge in [0, 0.05) is 18.3 Å². The van der Waals surface area contributed by atoms with Gasteiger partial charge in [-0.15, -0.1) is 0 Å². The van der Waals surface area contributed by atoms with E-state index in [2.05, 4.69) is 10.2 Å². The minimum absolute atomic E-state index is 0.106. The van der Waals surface area contributed by atoms with Crippen molar-refractivity contribution in [2.45, 2.75) is 25.3 Å². The highest BCUT2D eigenvalue weighted by atomic mass is 19.1. The van der Waals surface area contributed by atoms with Crippen LogP contribution in [-0.2, 0) is 6.42 Å². The van der Waals surface area contributed by atoms with Gasteiger partial charge < -0.3 is 10.2 Å². The summed E-state index contributed by atoms with van der Waals surface area (Å²) in [5, 5.41) is 3.38. The number of hydrogen-bond donors (Lipinski definition) is 1. The molecule has 86 valence electrons. The Balaban J connectivity index is 1.84. The number of hydrogen-bond acceptors (Lipinski definition) is 2. The van der Waals surface area contributed by atoms with Crippen LogP contribution in [0.3, 0.4) is 0 Å². The normalized spacial score (nSPS) is 21.2. The fourth-order valence-corrected chi connectivity index (χ4v) is 2.89. The number of anilines is 1. The fourth-order valence-electron chi connectivity index (χ4n) is 2.89. The Morgan fingerprint density at radius 3 is 2.88 bits per heavy atom. The highest BCUT2D eigenvalue weighted by molar-refractivity contribution is 5.58. The summed E-state index contributed by atoms with van der Waals surface area (Å²) in [7, 11) is 0. The van der Waals surface area contributed by atoms with Gasteiger partial charge >= 0.3 is 0 Å². The van der Waals surface area contributed by atoms with Crippen molar-refractivity contribution in [1.29, 1.82) is 0 Å². The smallest absolute Gasteiger partial charge is 0.123 e. The maximum atomic E-state index is 13.1. The minimum atomic E-state index is -0.106. The molecule has 0 radical (unpaired) electrons. The lowest BCUT2D eigenvalue weighted by molar-refractivity contribution is 0.435. The second-order valence-corrected chi connectivity index (χ2v) is 4.70. The van der Waals surface area contributed by atoms with Crippen molar-refractivity contribution in [2.24, 2.45) is 0 Å². The van der Waals surface area contributed by atoms with Gasteiger partial charge in [0.1, 0.15) is 5.82 Å². The van der Waals surface area contributed by atoms with Crippen molar-refractivity contribution >= 4 is 5.69 Å². The lowest BCUT2D eigenvalue weighted by Crippen LogP contribution is -2.42. The zero-order valence-corrected chi connectivity index (χ0v) is 9.38. The van der Waals surface area contributed by atoms with Gasteiger partial charge in [0.15, 0.2) is 0 Å². The minimum Gasteiger partial charge on any atom is -0.368 e. The number of fused-ring (bicyclic) bond motifs is 1. The summed E-state index contributed by atoms with van der Waals surface area (Å²) >= 11 is 0. The van der Waals surface area contributed by atoms with E-state index < -0.39 is 0 Å². The predicted molar refractivity (Wildman–Crippen MR) is 63.3 cm³/mol. The molecule has 0 bridgehead atoms. The molecule has 1 N–H and O–H groups in total. The Hall–Kier alpha value is -1.09. The van der Waals surface area contributed by atoms with Crippen molar-refractivity contribution < 1.29 is 4.39 Å². The van der Waals surface area contributed by atoms with Gasteiger partial charge in [-0.2, -0.15) is 0 Å². The number of nitrogens with zero attached hydrogens (tertiary/aromatic N) is 1. The average molecular weight is 220 g/mol. The number of nitrogens with one attached hydrogen (secondary N) is 1. The second-order valence-electron chi connectivity index (χ2n) is 4.70. The van der Waals surface area contributed by atoms with E-state index in [9.17, 15) is 4.39 Å². The van der Waals surface area contributed by atoms with Crippen molar-refractivity contribution in [1.82, 2.24) is 5.32 Å². The first kappa shape index (κ1) is 10.1. The van der Waals surface area contributed by atoms with Crippen molar-refractivity contribution in [3.63, 3.8) is 0 Å². The molecule has 0 atom stereocenters. The largest absolute Gasteiger partial charge is 0.368 e. The maximum absolute atomic E-state index is 13.1. The molecule has 2 nitrogen and oxygen atoms in total. The summed E-state index contributed by atoms with van der Waals surface area (Å²) in [6, 6.07) is 5.86. The molecule has 3 heteroatoms. The SMILES string of the molecule is Fc1ccc2c(c1)CCN2C1CCNCC1. The third-order valence-electron chi connectivity index (χ3n) is 3.72. The quantitative estimate of drug-likeness (QED) is 0.778. The number of rotatable bonds is 1. The molecule has 0 saturated carbocycles. The van der Waals surface area contributed by atoms with Gasteiger partial charge in [0.25, 0.3) is 0 Å². The molecule has 2 aliphatic heterocycles. The Morgan fingerprint density at radius 2 is 2.06 bits per heavy atom. The van der Waals surface area contributed by atoms with Gasteiger partial charge in [0.2, 0.25) is 0 Å². The van der Waals surface area contributed by atoms with Gasteiger partial charge in [-0.05, 0) is 56.1 Å². The molecule has 1 aromatic rings. The number of benzene rings is 1. The molecule has 1 aromatic carbocycles. The molecule has 1 fully saturated rings. The molecular weight excluding hydrogens is 203 g/mol. The van der Waals surface area contributed by atoms with Crippen LogP contribution in [0.2, 0.25) is 0 Å². The molecule has 2 aliphatic rings. The molecule has 0 aliphatic carbocycles. The first-order valence-corrected chi connectivity index (χ1v) is 6.10. The highest BCUT2D eigenvalue weighted by Crippen LogP contribution is 2.32. The summed E-state index contributed by atoms with van der Waals surface area (Å²) in [4.78, 5) is 2.47. The Bertz CT molecular complexity index is 386. The first-order chi connectivity index (χ1) is 7.84. The summed E-state index contributed by atoms with van der Waals surface area (Å²) in [6.07, 6.45) is 3.41. The summed E-state index contributed by atoms with van der Waals surface area (Å²) < 4.78 is 13.1. The monoisotopic (exact) mass is 220 g/mol. The Morgan fingerprint density at radius 1 is 1.25 bits per heavy atom. The summed E-state index contributed by atoms with van der Waals surface area (Å²) in [5.74, 6) is -0.106. The highest BCUT2D eigenvalue weighted by Gasteiger charge is 2.27. The van der Waals surface area contributed by atoms with Gasteiger partial charge in [-0.3, -0.25) is 0 Å². The van der Waals surface area contributed by atoms with E-state index in [0.717, 1.165) is 26.1 Å². The van der Waals surface area contributed by atoms with Crippen LogP contribution in [-0.4, -0.2) is 25.7 Å². The lowest BCUT2D eigenvalue weighted by Gasteiger charge is -2.33. The van der Waals surface area contributed by atoms with Gasteiger partial charge in [-0.25, -0.2) is 4.39 Å². The third kappa shape index (κ3) is 1.69. The van der Waals surface area contributed by atoms with E-state index in [0.29, 0.717) is 6.04 Å². The molecular formula is C13H17FN2. The van der Waals surface area contributed by atoms with E-state index in [-0.39, 0.29) is 5.82 Å². The zero-order valence-electron chi connectivity index (χ0n) is 9.38. The number of halogens is 1.